The van der Waals surface area contributed by atoms with Crippen LogP contribution >= 0.6 is 0 Å². The van der Waals surface area contributed by atoms with E-state index in [1.807, 2.05) is 35.2 Å². The Bertz CT molecular complexity index is 1340. The third kappa shape index (κ3) is 4.84. The van der Waals surface area contributed by atoms with Crippen LogP contribution in [0.4, 0.5) is 11.4 Å². The lowest BCUT2D eigenvalue weighted by Gasteiger charge is -2.31. The zero-order valence-corrected chi connectivity index (χ0v) is 19.3. The zero-order valence-electron chi connectivity index (χ0n) is 19.3. The highest BCUT2D eigenvalue weighted by atomic mass is 16.6. The number of pyridine rings is 1. The van der Waals surface area contributed by atoms with E-state index in [0.29, 0.717) is 28.7 Å². The van der Waals surface area contributed by atoms with Gasteiger partial charge in [0, 0.05) is 43.0 Å². The number of benzene rings is 2. The van der Waals surface area contributed by atoms with Gasteiger partial charge in [-0.1, -0.05) is 19.1 Å². The number of piperidine rings is 1. The van der Waals surface area contributed by atoms with Crippen molar-refractivity contribution in [2.45, 2.75) is 26.3 Å². The summed E-state index contributed by atoms with van der Waals surface area (Å²) in [5, 5.41) is 14.6. The van der Waals surface area contributed by atoms with Gasteiger partial charge in [0.1, 0.15) is 5.69 Å². The first-order valence-corrected chi connectivity index (χ1v) is 11.6. The number of hydrogen-bond acceptors (Lipinski definition) is 7. The van der Waals surface area contributed by atoms with E-state index in [1.165, 1.54) is 6.07 Å². The molecule has 1 amide bonds. The number of rotatable bonds is 6. The van der Waals surface area contributed by atoms with E-state index in [-0.39, 0.29) is 23.7 Å². The van der Waals surface area contributed by atoms with E-state index >= 15 is 0 Å². The van der Waals surface area contributed by atoms with Gasteiger partial charge in [-0.15, -0.1) is 0 Å². The molecule has 1 fully saturated rings. The SMILES string of the molecule is CC1CCN(c2ccc(C(=O)NCc3ccc(-c4nc5ncccc5o4)cc3)cc2[N+](=O)[O-])CC1. The number of anilines is 1. The van der Waals surface area contributed by atoms with E-state index in [4.69, 9.17) is 4.42 Å². The normalized spacial score (nSPS) is 14.3. The maximum absolute atomic E-state index is 12.7. The second-order valence-electron chi connectivity index (χ2n) is 8.85. The number of fused-ring (bicyclic) bond motifs is 1. The summed E-state index contributed by atoms with van der Waals surface area (Å²) in [4.78, 5) is 34.6. The number of aromatic nitrogens is 2. The Balaban J connectivity index is 1.25. The number of nitrogens with one attached hydrogen (secondary N) is 1. The Hall–Kier alpha value is -4.27. The van der Waals surface area contributed by atoms with Crippen molar-refractivity contribution in [3.63, 3.8) is 0 Å². The predicted molar refractivity (Wildman–Crippen MR) is 132 cm³/mol. The Kier molecular flexibility index (Phi) is 6.13. The average Bonchev–Trinajstić information content (AvgIpc) is 3.32. The molecule has 2 aromatic carbocycles. The van der Waals surface area contributed by atoms with Crippen LogP contribution in [0.15, 0.2) is 65.2 Å². The Morgan fingerprint density at radius 1 is 1.17 bits per heavy atom. The van der Waals surface area contributed by atoms with Gasteiger partial charge in [0.05, 0.1) is 4.92 Å². The van der Waals surface area contributed by atoms with Gasteiger partial charge < -0.3 is 14.6 Å². The van der Waals surface area contributed by atoms with Gasteiger partial charge in [-0.3, -0.25) is 14.9 Å². The summed E-state index contributed by atoms with van der Waals surface area (Å²) in [5.41, 5.74) is 3.65. The second-order valence-corrected chi connectivity index (χ2v) is 8.85. The lowest BCUT2D eigenvalue weighted by Crippen LogP contribution is -2.33. The molecule has 1 saturated heterocycles. The number of nitro benzene ring substituents is 1. The van der Waals surface area contributed by atoms with Crippen LogP contribution in [-0.2, 0) is 6.54 Å². The van der Waals surface area contributed by atoms with Gasteiger partial charge in [-0.05, 0) is 60.7 Å². The van der Waals surface area contributed by atoms with Crippen molar-refractivity contribution in [1.82, 2.24) is 15.3 Å². The third-order valence-corrected chi connectivity index (χ3v) is 6.38. The van der Waals surface area contributed by atoms with Gasteiger partial charge in [0.15, 0.2) is 11.2 Å². The van der Waals surface area contributed by atoms with Crippen molar-refractivity contribution in [2.24, 2.45) is 5.92 Å². The first-order chi connectivity index (χ1) is 17.0. The van der Waals surface area contributed by atoms with E-state index in [1.54, 1.807) is 24.4 Å². The Morgan fingerprint density at radius 3 is 2.66 bits per heavy atom. The van der Waals surface area contributed by atoms with Crippen LogP contribution in [0.3, 0.4) is 0 Å². The van der Waals surface area contributed by atoms with Crippen molar-refractivity contribution < 1.29 is 14.1 Å². The molecule has 9 heteroatoms. The van der Waals surface area contributed by atoms with Crippen LogP contribution in [0.25, 0.3) is 22.7 Å². The molecule has 3 heterocycles. The second kappa shape index (κ2) is 9.54. The summed E-state index contributed by atoms with van der Waals surface area (Å²) in [5.74, 6) is 0.738. The van der Waals surface area contributed by atoms with Crippen molar-refractivity contribution in [3.05, 3.63) is 82.0 Å². The molecule has 178 valence electrons. The van der Waals surface area contributed by atoms with Crippen LogP contribution in [0.1, 0.15) is 35.7 Å². The van der Waals surface area contributed by atoms with Gasteiger partial charge in [-0.25, -0.2) is 4.98 Å². The maximum Gasteiger partial charge on any atom is 0.293 e. The first-order valence-electron chi connectivity index (χ1n) is 11.6. The largest absolute Gasteiger partial charge is 0.434 e. The number of nitrogens with zero attached hydrogens (tertiary/aromatic N) is 4. The molecule has 0 spiro atoms. The zero-order chi connectivity index (χ0) is 24.4. The lowest BCUT2D eigenvalue weighted by atomic mass is 9.98. The molecular weight excluding hydrogens is 446 g/mol. The molecule has 9 nitrogen and oxygen atoms in total. The molecule has 1 N–H and O–H groups in total. The summed E-state index contributed by atoms with van der Waals surface area (Å²) in [6.07, 6.45) is 3.67. The summed E-state index contributed by atoms with van der Waals surface area (Å²) in [7, 11) is 0. The van der Waals surface area contributed by atoms with Gasteiger partial charge in [0.2, 0.25) is 5.89 Å². The first kappa shape index (κ1) is 22.5. The predicted octanol–water partition coefficient (Wildman–Crippen LogP) is 4.96. The molecule has 1 aliphatic rings. The van der Waals surface area contributed by atoms with Gasteiger partial charge in [0.25, 0.3) is 11.6 Å². The number of carbonyl (C=O) groups excluding carboxylic acids is 1. The molecule has 0 aliphatic carbocycles. The Morgan fingerprint density at radius 2 is 1.94 bits per heavy atom. The molecule has 2 aromatic heterocycles. The minimum atomic E-state index is -0.412. The fourth-order valence-corrected chi connectivity index (χ4v) is 4.27. The van der Waals surface area contributed by atoms with Crippen molar-refractivity contribution in [2.75, 3.05) is 18.0 Å². The number of carbonyl (C=O) groups is 1. The molecule has 5 rings (SSSR count). The van der Waals surface area contributed by atoms with E-state index < -0.39 is 4.92 Å². The minimum Gasteiger partial charge on any atom is -0.434 e. The monoisotopic (exact) mass is 471 g/mol. The quantitative estimate of drug-likeness (QED) is 0.312. The van der Waals surface area contributed by atoms with E-state index in [0.717, 1.165) is 37.1 Å². The smallest absolute Gasteiger partial charge is 0.293 e. The Labute approximate surface area is 201 Å². The summed E-state index contributed by atoms with van der Waals surface area (Å²) >= 11 is 0. The molecule has 4 aromatic rings. The molecular formula is C26H25N5O4. The maximum atomic E-state index is 12.7. The number of nitro groups is 1. The van der Waals surface area contributed by atoms with Crippen LogP contribution in [0, 0.1) is 16.0 Å². The fraction of sp³-hybridized carbons (Fsp3) is 0.269. The highest BCUT2D eigenvalue weighted by molar-refractivity contribution is 5.95. The van der Waals surface area contributed by atoms with Gasteiger partial charge in [-0.2, -0.15) is 4.98 Å². The molecule has 0 bridgehead atoms. The van der Waals surface area contributed by atoms with Gasteiger partial charge >= 0.3 is 0 Å². The molecule has 0 radical (unpaired) electrons. The molecule has 0 unspecified atom stereocenters. The average molecular weight is 472 g/mol. The number of amides is 1. The van der Waals surface area contributed by atoms with E-state index in [9.17, 15) is 14.9 Å². The molecule has 35 heavy (non-hydrogen) atoms. The van der Waals surface area contributed by atoms with Crippen LogP contribution < -0.4 is 10.2 Å². The molecule has 0 atom stereocenters. The topological polar surface area (TPSA) is 114 Å². The van der Waals surface area contributed by atoms with Crippen LogP contribution in [-0.4, -0.2) is 33.9 Å². The molecule has 0 saturated carbocycles. The summed E-state index contributed by atoms with van der Waals surface area (Å²) in [6, 6.07) is 15.8. The summed E-state index contributed by atoms with van der Waals surface area (Å²) < 4.78 is 5.74. The fourth-order valence-electron chi connectivity index (χ4n) is 4.27. The molecule has 1 aliphatic heterocycles. The van der Waals surface area contributed by atoms with Crippen molar-refractivity contribution in [1.29, 1.82) is 0 Å². The van der Waals surface area contributed by atoms with Crippen molar-refractivity contribution in [3.8, 4) is 11.5 Å². The van der Waals surface area contributed by atoms with Crippen LogP contribution in [0.5, 0.6) is 0 Å². The minimum absolute atomic E-state index is 0.0376. The standard InChI is InChI=1S/C26H25N5O4/c1-17-10-13-30(14-11-17)21-9-8-20(15-22(21)31(33)34)25(32)28-16-18-4-6-19(7-5-18)26-29-24-23(35-26)3-2-12-27-24/h2-9,12,15,17H,10-11,13-14,16H2,1H3,(H,28,32). The summed E-state index contributed by atoms with van der Waals surface area (Å²) in [6.45, 7) is 4.04. The third-order valence-electron chi connectivity index (χ3n) is 6.38. The number of oxazole rings is 1. The highest BCUT2D eigenvalue weighted by Gasteiger charge is 2.24. The van der Waals surface area contributed by atoms with Crippen molar-refractivity contribution >= 4 is 28.5 Å². The van der Waals surface area contributed by atoms with E-state index in [2.05, 4.69) is 22.2 Å². The number of hydrogen-bond donors (Lipinski definition) is 1. The highest BCUT2D eigenvalue weighted by Crippen LogP contribution is 2.32. The lowest BCUT2D eigenvalue weighted by molar-refractivity contribution is -0.384. The van der Waals surface area contributed by atoms with Crippen LogP contribution in [0.2, 0.25) is 0 Å².